The molecule has 0 radical (unpaired) electrons. The second-order valence-corrected chi connectivity index (χ2v) is 5.65. The van der Waals surface area contributed by atoms with Crippen molar-refractivity contribution in [3.05, 3.63) is 64.7 Å². The maximum atomic E-state index is 3.52. The molecule has 0 heterocycles. The Hall–Kier alpha value is -1.28. The van der Waals surface area contributed by atoms with E-state index in [-0.39, 0.29) is 0 Å². The Morgan fingerprint density at radius 3 is 2.47 bits per heavy atom. The van der Waals surface area contributed by atoms with Crippen LogP contribution in [0.2, 0.25) is 0 Å². The molecule has 2 heteroatoms. The third kappa shape index (κ3) is 3.60. The topological polar surface area (TPSA) is 3.24 Å². The summed E-state index contributed by atoms with van der Waals surface area (Å²) in [6.45, 7) is 5.24. The number of anilines is 1. The number of hydrogen-bond donors (Lipinski definition) is 0. The summed E-state index contributed by atoms with van der Waals surface area (Å²) in [5.74, 6) is 0. The summed E-state index contributed by atoms with van der Waals surface area (Å²) in [4.78, 5) is 2.29. The van der Waals surface area contributed by atoms with Gasteiger partial charge in [-0.15, -0.1) is 0 Å². The highest BCUT2D eigenvalue weighted by Gasteiger charge is 2.04. The quantitative estimate of drug-likeness (QED) is 0.730. The summed E-state index contributed by atoms with van der Waals surface area (Å²) >= 11 is 3.52. The normalized spacial score (nSPS) is 10.5. The van der Waals surface area contributed by atoms with Crippen molar-refractivity contribution in [2.75, 3.05) is 11.9 Å². The Labute approximate surface area is 124 Å². The summed E-state index contributed by atoms with van der Waals surface area (Å²) in [5.41, 5.74) is 6.63. The minimum atomic E-state index is 0.917. The first kappa shape index (κ1) is 14.1. The lowest BCUT2D eigenvalue weighted by Gasteiger charge is -2.21. The van der Waals surface area contributed by atoms with Crippen molar-refractivity contribution in [1.29, 1.82) is 0 Å². The van der Waals surface area contributed by atoms with Crippen LogP contribution in [0, 0.1) is 13.8 Å². The average Bonchev–Trinajstić information content (AvgIpc) is 2.38. The van der Waals surface area contributed by atoms with Crippen LogP contribution >= 0.6 is 15.9 Å². The zero-order valence-electron chi connectivity index (χ0n) is 11.8. The third-order valence-electron chi connectivity index (χ3n) is 3.41. The van der Waals surface area contributed by atoms with Crippen molar-refractivity contribution in [1.82, 2.24) is 0 Å². The number of rotatable bonds is 4. The second kappa shape index (κ2) is 6.25. The molecule has 2 aromatic rings. The highest BCUT2D eigenvalue weighted by Crippen LogP contribution is 2.21. The molecule has 0 atom stereocenters. The first-order valence-corrected chi connectivity index (χ1v) is 7.64. The number of aryl methyl sites for hydroxylation is 2. The van der Waals surface area contributed by atoms with Gasteiger partial charge in [0.25, 0.3) is 0 Å². The van der Waals surface area contributed by atoms with Gasteiger partial charge in [0.2, 0.25) is 0 Å². The average molecular weight is 318 g/mol. The lowest BCUT2D eigenvalue weighted by Crippen LogP contribution is -2.16. The van der Waals surface area contributed by atoms with Crippen molar-refractivity contribution in [3.63, 3.8) is 0 Å². The summed E-state index contributed by atoms with van der Waals surface area (Å²) < 4.78 is 0. The van der Waals surface area contributed by atoms with Crippen LogP contribution in [0.25, 0.3) is 0 Å². The predicted octanol–water partition coefficient (Wildman–Crippen LogP) is 4.83. The van der Waals surface area contributed by atoms with Crippen LogP contribution in [0.15, 0.2) is 42.5 Å². The molecule has 0 aromatic heterocycles. The van der Waals surface area contributed by atoms with E-state index < -0.39 is 0 Å². The van der Waals surface area contributed by atoms with Gasteiger partial charge in [-0.2, -0.15) is 0 Å². The van der Waals surface area contributed by atoms with Gasteiger partial charge >= 0.3 is 0 Å². The third-order valence-corrected chi connectivity index (χ3v) is 4.02. The monoisotopic (exact) mass is 317 g/mol. The zero-order valence-corrected chi connectivity index (χ0v) is 13.4. The minimum absolute atomic E-state index is 0.917. The highest BCUT2D eigenvalue weighted by molar-refractivity contribution is 9.08. The van der Waals surface area contributed by atoms with Crippen LogP contribution in [0.1, 0.15) is 22.3 Å². The van der Waals surface area contributed by atoms with Crippen LogP contribution in [0.3, 0.4) is 0 Å². The van der Waals surface area contributed by atoms with Crippen LogP contribution in [-0.4, -0.2) is 7.05 Å². The summed E-state index contributed by atoms with van der Waals surface area (Å²) in [7, 11) is 2.14. The number of nitrogens with zero attached hydrogens (tertiary/aromatic N) is 1. The van der Waals surface area contributed by atoms with Gasteiger partial charge in [0, 0.05) is 24.6 Å². The van der Waals surface area contributed by atoms with E-state index in [1.165, 1.54) is 27.9 Å². The lowest BCUT2D eigenvalue weighted by molar-refractivity contribution is 0.919. The Bertz CT molecular complexity index is 563. The molecule has 2 aromatic carbocycles. The van der Waals surface area contributed by atoms with Gasteiger partial charge < -0.3 is 4.90 Å². The standard InChI is InChI=1S/C17H20BrN/c1-13-5-4-6-15(9-13)12-19(3)17-8-7-16(11-18)14(2)10-17/h4-10H,11-12H2,1-3H3. The molecule has 0 aliphatic heterocycles. The number of benzene rings is 2. The molecule has 0 saturated carbocycles. The maximum absolute atomic E-state index is 3.52. The second-order valence-electron chi connectivity index (χ2n) is 5.09. The number of hydrogen-bond acceptors (Lipinski definition) is 1. The van der Waals surface area contributed by atoms with E-state index in [4.69, 9.17) is 0 Å². The van der Waals surface area contributed by atoms with E-state index in [1.807, 2.05) is 0 Å². The van der Waals surface area contributed by atoms with Gasteiger partial charge in [0.1, 0.15) is 0 Å². The molecule has 0 unspecified atom stereocenters. The van der Waals surface area contributed by atoms with E-state index in [2.05, 4.69) is 84.2 Å². The fourth-order valence-electron chi connectivity index (χ4n) is 2.24. The van der Waals surface area contributed by atoms with Crippen LogP contribution in [-0.2, 0) is 11.9 Å². The first-order chi connectivity index (χ1) is 9.10. The Kier molecular flexibility index (Phi) is 4.65. The first-order valence-electron chi connectivity index (χ1n) is 6.52. The van der Waals surface area contributed by atoms with Crippen LogP contribution in [0.4, 0.5) is 5.69 Å². The van der Waals surface area contributed by atoms with E-state index >= 15 is 0 Å². The van der Waals surface area contributed by atoms with Gasteiger partial charge in [-0.1, -0.05) is 51.8 Å². The van der Waals surface area contributed by atoms with Crippen molar-refractivity contribution >= 4 is 21.6 Å². The molecule has 0 aliphatic rings. The zero-order chi connectivity index (χ0) is 13.8. The Morgan fingerprint density at radius 1 is 1.05 bits per heavy atom. The van der Waals surface area contributed by atoms with Gasteiger partial charge in [0.15, 0.2) is 0 Å². The molecule has 0 amide bonds. The lowest BCUT2D eigenvalue weighted by atomic mass is 10.1. The molecule has 100 valence electrons. The maximum Gasteiger partial charge on any atom is 0.0426 e. The molecule has 0 aliphatic carbocycles. The summed E-state index contributed by atoms with van der Waals surface area (Å²) in [6, 6.07) is 15.3. The van der Waals surface area contributed by atoms with E-state index in [1.54, 1.807) is 0 Å². The molecular weight excluding hydrogens is 298 g/mol. The number of alkyl halides is 1. The molecule has 0 spiro atoms. The van der Waals surface area contributed by atoms with Gasteiger partial charge in [-0.3, -0.25) is 0 Å². The van der Waals surface area contributed by atoms with E-state index in [0.29, 0.717) is 0 Å². The summed E-state index contributed by atoms with van der Waals surface area (Å²) in [6.07, 6.45) is 0. The SMILES string of the molecule is Cc1cccc(CN(C)c2ccc(CBr)c(C)c2)c1. The Balaban J connectivity index is 2.15. The van der Waals surface area contributed by atoms with E-state index in [9.17, 15) is 0 Å². The molecular formula is C17H20BrN. The van der Waals surface area contributed by atoms with Crippen LogP contribution < -0.4 is 4.90 Å². The Morgan fingerprint density at radius 2 is 1.84 bits per heavy atom. The largest absolute Gasteiger partial charge is 0.370 e. The van der Waals surface area contributed by atoms with Gasteiger partial charge in [0.05, 0.1) is 0 Å². The molecule has 0 N–H and O–H groups in total. The van der Waals surface area contributed by atoms with Crippen molar-refractivity contribution in [2.45, 2.75) is 25.7 Å². The number of halogens is 1. The molecule has 0 saturated heterocycles. The molecule has 19 heavy (non-hydrogen) atoms. The van der Waals surface area contributed by atoms with Gasteiger partial charge in [-0.25, -0.2) is 0 Å². The smallest absolute Gasteiger partial charge is 0.0426 e. The summed E-state index contributed by atoms with van der Waals surface area (Å²) in [5, 5.41) is 0.917. The van der Waals surface area contributed by atoms with Crippen molar-refractivity contribution in [3.8, 4) is 0 Å². The fourth-order valence-corrected chi connectivity index (χ4v) is 2.87. The van der Waals surface area contributed by atoms with Crippen molar-refractivity contribution < 1.29 is 0 Å². The predicted molar refractivity (Wildman–Crippen MR) is 87.1 cm³/mol. The fraction of sp³-hybridized carbons (Fsp3) is 0.294. The highest BCUT2D eigenvalue weighted by atomic mass is 79.9. The molecule has 1 nitrogen and oxygen atoms in total. The van der Waals surface area contributed by atoms with Gasteiger partial charge in [-0.05, 0) is 42.7 Å². The molecule has 2 rings (SSSR count). The van der Waals surface area contributed by atoms with Crippen LogP contribution in [0.5, 0.6) is 0 Å². The molecule has 0 fully saturated rings. The minimum Gasteiger partial charge on any atom is -0.370 e. The van der Waals surface area contributed by atoms with Crippen molar-refractivity contribution in [2.24, 2.45) is 0 Å². The van der Waals surface area contributed by atoms with E-state index in [0.717, 1.165) is 11.9 Å². The molecule has 0 bridgehead atoms.